The van der Waals surface area contributed by atoms with Crippen molar-refractivity contribution in [3.05, 3.63) is 22.7 Å². The third-order valence-corrected chi connectivity index (χ3v) is 4.00. The van der Waals surface area contributed by atoms with E-state index in [0.717, 1.165) is 19.3 Å². The molecule has 0 spiro atoms. The lowest BCUT2D eigenvalue weighted by molar-refractivity contribution is -0.00792. The molecule has 1 aromatic rings. The van der Waals surface area contributed by atoms with Crippen LogP contribution in [0.3, 0.4) is 0 Å². The fraction of sp³-hybridized carbons (Fsp3) is 0.636. The van der Waals surface area contributed by atoms with Gasteiger partial charge in [-0.05, 0) is 18.9 Å². The number of nitrogens with zero attached hydrogens (tertiary/aromatic N) is 2. The van der Waals surface area contributed by atoms with E-state index in [1.807, 2.05) is 0 Å². The van der Waals surface area contributed by atoms with Gasteiger partial charge in [0.05, 0.1) is 6.61 Å². The SMILES string of the molecule is Nc1ccn(CC2(COCP(=O)(O)O)CCC2)c(=O)n1. The highest BCUT2D eigenvalue weighted by Crippen LogP contribution is 2.43. The lowest BCUT2D eigenvalue weighted by Gasteiger charge is -2.41. The number of hydrogen-bond acceptors (Lipinski definition) is 5. The number of nitrogens with two attached hydrogens (primary N) is 1. The molecule has 1 aliphatic rings. The fourth-order valence-electron chi connectivity index (χ4n) is 2.33. The average Bonchev–Trinajstić information content (AvgIpc) is 2.27. The minimum atomic E-state index is -4.16. The Labute approximate surface area is 115 Å². The Morgan fingerprint density at radius 2 is 2.20 bits per heavy atom. The van der Waals surface area contributed by atoms with Gasteiger partial charge in [-0.2, -0.15) is 4.98 Å². The third kappa shape index (κ3) is 3.89. The Hall–Kier alpha value is -1.21. The van der Waals surface area contributed by atoms with E-state index in [1.165, 1.54) is 4.57 Å². The van der Waals surface area contributed by atoms with E-state index >= 15 is 0 Å². The van der Waals surface area contributed by atoms with Crippen LogP contribution in [-0.2, 0) is 15.8 Å². The Kier molecular flexibility index (Phi) is 4.29. The van der Waals surface area contributed by atoms with Crippen LogP contribution in [0.4, 0.5) is 5.82 Å². The molecular formula is C11H18N3O5P. The lowest BCUT2D eigenvalue weighted by Crippen LogP contribution is -2.41. The Balaban J connectivity index is 2.01. The minimum Gasteiger partial charge on any atom is -0.383 e. The molecule has 2 rings (SSSR count). The molecular weight excluding hydrogens is 285 g/mol. The summed E-state index contributed by atoms with van der Waals surface area (Å²) in [6.45, 7) is 0.634. The van der Waals surface area contributed by atoms with Gasteiger partial charge in [-0.15, -0.1) is 0 Å². The highest BCUT2D eigenvalue weighted by Gasteiger charge is 2.38. The molecule has 0 amide bonds. The van der Waals surface area contributed by atoms with Crippen molar-refractivity contribution >= 4 is 13.4 Å². The van der Waals surface area contributed by atoms with E-state index in [9.17, 15) is 9.36 Å². The Bertz CT molecular complexity index is 578. The molecule has 0 aromatic carbocycles. The van der Waals surface area contributed by atoms with Crippen LogP contribution in [0.5, 0.6) is 0 Å². The van der Waals surface area contributed by atoms with Crippen molar-refractivity contribution in [1.29, 1.82) is 0 Å². The van der Waals surface area contributed by atoms with Crippen molar-refractivity contribution in [2.24, 2.45) is 5.41 Å². The van der Waals surface area contributed by atoms with Crippen LogP contribution in [0.15, 0.2) is 17.1 Å². The second kappa shape index (κ2) is 5.65. The lowest BCUT2D eigenvalue weighted by atomic mass is 9.69. The summed E-state index contributed by atoms with van der Waals surface area (Å²) >= 11 is 0. The molecule has 0 bridgehead atoms. The molecule has 1 heterocycles. The molecule has 0 saturated heterocycles. The first-order valence-electron chi connectivity index (χ1n) is 6.25. The zero-order valence-electron chi connectivity index (χ0n) is 10.9. The molecule has 0 unspecified atom stereocenters. The van der Waals surface area contributed by atoms with E-state index in [1.54, 1.807) is 12.3 Å². The second-order valence-corrected chi connectivity index (χ2v) is 6.85. The molecule has 8 nitrogen and oxygen atoms in total. The van der Waals surface area contributed by atoms with Gasteiger partial charge in [-0.1, -0.05) is 6.42 Å². The number of aromatic nitrogens is 2. The van der Waals surface area contributed by atoms with Crippen LogP contribution < -0.4 is 11.4 Å². The molecule has 4 N–H and O–H groups in total. The molecule has 20 heavy (non-hydrogen) atoms. The predicted molar refractivity (Wildman–Crippen MR) is 72.1 cm³/mol. The number of nitrogen functional groups attached to an aromatic ring is 1. The van der Waals surface area contributed by atoms with Gasteiger partial charge in [-0.3, -0.25) is 9.13 Å². The maximum Gasteiger partial charge on any atom is 0.350 e. The maximum absolute atomic E-state index is 11.7. The zero-order chi connectivity index (χ0) is 14.8. The number of anilines is 1. The summed E-state index contributed by atoms with van der Waals surface area (Å²) in [6.07, 6.45) is 3.70. The molecule has 112 valence electrons. The standard InChI is InChI=1S/C11H18N3O5P/c12-9-2-5-14(10(15)13-9)6-11(3-1-4-11)7-19-8-20(16,17)18/h2,5H,1,3-4,6-8H2,(H2,12,13,15)(H2,16,17,18). The van der Waals surface area contributed by atoms with Gasteiger partial charge in [0.1, 0.15) is 12.2 Å². The molecule has 1 aromatic heterocycles. The topological polar surface area (TPSA) is 128 Å². The quantitative estimate of drug-likeness (QED) is 0.638. The smallest absolute Gasteiger partial charge is 0.350 e. The van der Waals surface area contributed by atoms with E-state index < -0.39 is 19.6 Å². The summed E-state index contributed by atoms with van der Waals surface area (Å²) in [6, 6.07) is 1.55. The van der Waals surface area contributed by atoms with Gasteiger partial charge >= 0.3 is 13.3 Å². The third-order valence-electron chi connectivity index (χ3n) is 3.48. The molecule has 1 fully saturated rings. The van der Waals surface area contributed by atoms with Crippen LogP contribution in [0.2, 0.25) is 0 Å². The van der Waals surface area contributed by atoms with Crippen LogP contribution >= 0.6 is 7.60 Å². The normalized spacial score (nSPS) is 17.7. The highest BCUT2D eigenvalue weighted by molar-refractivity contribution is 7.51. The summed E-state index contributed by atoms with van der Waals surface area (Å²) in [5, 5.41) is 0. The van der Waals surface area contributed by atoms with E-state index in [-0.39, 0.29) is 17.8 Å². The zero-order valence-corrected chi connectivity index (χ0v) is 11.8. The summed E-state index contributed by atoms with van der Waals surface area (Å²) in [4.78, 5) is 32.9. The van der Waals surface area contributed by atoms with Gasteiger partial charge in [-0.25, -0.2) is 4.79 Å². The minimum absolute atomic E-state index is 0.173. The van der Waals surface area contributed by atoms with Crippen molar-refractivity contribution < 1.29 is 19.1 Å². The summed E-state index contributed by atoms with van der Waals surface area (Å²) in [5.41, 5.74) is 4.75. The van der Waals surface area contributed by atoms with Gasteiger partial charge in [0.25, 0.3) is 0 Å². The van der Waals surface area contributed by atoms with E-state index in [0.29, 0.717) is 6.54 Å². The Morgan fingerprint density at radius 3 is 2.70 bits per heavy atom. The largest absolute Gasteiger partial charge is 0.383 e. The van der Waals surface area contributed by atoms with Gasteiger partial charge in [0, 0.05) is 18.2 Å². The van der Waals surface area contributed by atoms with Crippen molar-refractivity contribution in [1.82, 2.24) is 9.55 Å². The predicted octanol–water partition coefficient (Wildman–Crippen LogP) is 0.148. The number of hydrogen-bond donors (Lipinski definition) is 3. The van der Waals surface area contributed by atoms with Crippen molar-refractivity contribution in [2.45, 2.75) is 25.8 Å². The monoisotopic (exact) mass is 303 g/mol. The highest BCUT2D eigenvalue weighted by atomic mass is 31.2. The van der Waals surface area contributed by atoms with Crippen LogP contribution in [0.1, 0.15) is 19.3 Å². The van der Waals surface area contributed by atoms with Crippen molar-refractivity contribution in [3.63, 3.8) is 0 Å². The van der Waals surface area contributed by atoms with E-state index in [4.69, 9.17) is 20.3 Å². The van der Waals surface area contributed by atoms with Gasteiger partial charge in [0.2, 0.25) is 0 Å². The summed E-state index contributed by atoms with van der Waals surface area (Å²) < 4.78 is 17.3. The molecule has 9 heteroatoms. The first-order chi connectivity index (χ1) is 9.30. The molecule has 0 aliphatic heterocycles. The first kappa shape index (κ1) is 15.2. The van der Waals surface area contributed by atoms with Gasteiger partial charge < -0.3 is 20.3 Å². The van der Waals surface area contributed by atoms with E-state index in [2.05, 4.69) is 4.98 Å². The molecule has 0 atom stereocenters. The van der Waals surface area contributed by atoms with Crippen LogP contribution in [0, 0.1) is 5.41 Å². The van der Waals surface area contributed by atoms with Crippen molar-refractivity contribution in [2.75, 3.05) is 18.7 Å². The second-order valence-electron chi connectivity index (χ2n) is 5.26. The first-order valence-corrected chi connectivity index (χ1v) is 8.05. The average molecular weight is 303 g/mol. The number of ether oxygens (including phenoxy) is 1. The van der Waals surface area contributed by atoms with Crippen LogP contribution in [0.25, 0.3) is 0 Å². The summed E-state index contributed by atoms with van der Waals surface area (Å²) in [5.74, 6) is 0.173. The molecule has 1 saturated carbocycles. The van der Waals surface area contributed by atoms with Crippen molar-refractivity contribution in [3.8, 4) is 0 Å². The Morgan fingerprint density at radius 1 is 1.50 bits per heavy atom. The van der Waals surface area contributed by atoms with Gasteiger partial charge in [0.15, 0.2) is 0 Å². The number of rotatable bonds is 6. The molecule has 1 aliphatic carbocycles. The fourth-order valence-corrected chi connectivity index (χ4v) is 2.66. The molecule has 0 radical (unpaired) electrons. The maximum atomic E-state index is 11.7. The van der Waals surface area contributed by atoms with Crippen LogP contribution in [-0.4, -0.2) is 32.3 Å². The summed E-state index contributed by atoms with van der Waals surface area (Å²) in [7, 11) is -4.16.